The Morgan fingerprint density at radius 1 is 1.14 bits per heavy atom. The first-order valence-corrected chi connectivity index (χ1v) is 4.40. The topological polar surface area (TPSA) is 70.5 Å². The molecule has 4 nitrogen and oxygen atoms in total. The van der Waals surface area contributed by atoms with E-state index in [-0.39, 0.29) is 6.04 Å². The lowest BCUT2D eigenvalue weighted by molar-refractivity contribution is 0.392. The Labute approximate surface area is 83.8 Å². The fourth-order valence-electron chi connectivity index (χ4n) is 1.18. The van der Waals surface area contributed by atoms with E-state index in [0.29, 0.717) is 6.54 Å². The van der Waals surface area contributed by atoms with Crippen LogP contribution in [0.2, 0.25) is 0 Å². The molecule has 4 N–H and O–H groups in total. The average Bonchev–Trinajstić information content (AvgIpc) is 2.27. The van der Waals surface area contributed by atoms with Crippen molar-refractivity contribution in [3.63, 3.8) is 0 Å². The molecule has 0 aliphatic rings. The van der Waals surface area contributed by atoms with Crippen molar-refractivity contribution in [2.24, 2.45) is 11.5 Å². The van der Waals surface area contributed by atoms with E-state index < -0.39 is 0 Å². The van der Waals surface area contributed by atoms with E-state index in [2.05, 4.69) is 0 Å². The third kappa shape index (κ3) is 2.37. The van der Waals surface area contributed by atoms with E-state index >= 15 is 0 Å². The molecule has 4 heteroatoms. The van der Waals surface area contributed by atoms with Crippen LogP contribution in [0.25, 0.3) is 0 Å². The van der Waals surface area contributed by atoms with Crippen LogP contribution in [0, 0.1) is 0 Å². The number of methoxy groups -OCH3 is 2. The summed E-state index contributed by atoms with van der Waals surface area (Å²) < 4.78 is 10.2. The molecule has 0 aliphatic carbocycles. The lowest BCUT2D eigenvalue weighted by Gasteiger charge is -2.12. The minimum atomic E-state index is -0.181. The highest BCUT2D eigenvalue weighted by Crippen LogP contribution is 2.24. The molecule has 1 aromatic carbocycles. The zero-order valence-corrected chi connectivity index (χ0v) is 8.49. The van der Waals surface area contributed by atoms with Crippen molar-refractivity contribution >= 4 is 0 Å². The van der Waals surface area contributed by atoms with Gasteiger partial charge in [-0.15, -0.1) is 0 Å². The van der Waals surface area contributed by atoms with Crippen LogP contribution in [0.3, 0.4) is 0 Å². The molecule has 1 atom stereocenters. The summed E-state index contributed by atoms with van der Waals surface area (Å²) in [7, 11) is 3.21. The second-order valence-electron chi connectivity index (χ2n) is 2.99. The van der Waals surface area contributed by atoms with E-state index in [1.165, 1.54) is 0 Å². The Kier molecular flexibility index (Phi) is 3.73. The molecule has 0 spiro atoms. The summed E-state index contributed by atoms with van der Waals surface area (Å²) in [5.74, 6) is 1.45. The predicted molar refractivity (Wildman–Crippen MR) is 55.5 cm³/mol. The summed E-state index contributed by atoms with van der Waals surface area (Å²) >= 11 is 0. The summed E-state index contributed by atoms with van der Waals surface area (Å²) in [5, 5.41) is 0. The smallest absolute Gasteiger partial charge is 0.122 e. The predicted octanol–water partition coefficient (Wildman–Crippen LogP) is 0.662. The van der Waals surface area contributed by atoms with Gasteiger partial charge in [0.2, 0.25) is 0 Å². The van der Waals surface area contributed by atoms with Gasteiger partial charge in [-0.2, -0.15) is 0 Å². The fraction of sp³-hybridized carbons (Fsp3) is 0.400. The number of rotatable bonds is 4. The lowest BCUT2D eigenvalue weighted by atomic mass is 10.1. The molecule has 0 heterocycles. The quantitative estimate of drug-likeness (QED) is 0.742. The SMILES string of the molecule is COc1cc(OC)cc(C(N)CN)c1. The van der Waals surface area contributed by atoms with Crippen molar-refractivity contribution in [3.8, 4) is 11.5 Å². The van der Waals surface area contributed by atoms with Gasteiger partial charge in [-0.1, -0.05) is 0 Å². The summed E-state index contributed by atoms with van der Waals surface area (Å²) in [6.07, 6.45) is 0. The molecule has 14 heavy (non-hydrogen) atoms. The summed E-state index contributed by atoms with van der Waals surface area (Å²) in [6.45, 7) is 0.399. The zero-order valence-electron chi connectivity index (χ0n) is 8.49. The molecule has 1 rings (SSSR count). The Balaban J connectivity index is 3.04. The van der Waals surface area contributed by atoms with Crippen molar-refractivity contribution in [2.45, 2.75) is 6.04 Å². The average molecular weight is 196 g/mol. The maximum absolute atomic E-state index is 5.81. The minimum absolute atomic E-state index is 0.181. The highest BCUT2D eigenvalue weighted by molar-refractivity contribution is 5.39. The van der Waals surface area contributed by atoms with Crippen LogP contribution in [0.5, 0.6) is 11.5 Å². The lowest BCUT2D eigenvalue weighted by Crippen LogP contribution is -2.20. The van der Waals surface area contributed by atoms with Gasteiger partial charge >= 0.3 is 0 Å². The van der Waals surface area contributed by atoms with Crippen LogP contribution >= 0.6 is 0 Å². The van der Waals surface area contributed by atoms with E-state index in [1.54, 1.807) is 20.3 Å². The van der Waals surface area contributed by atoms with Gasteiger partial charge in [0.05, 0.1) is 14.2 Å². The minimum Gasteiger partial charge on any atom is -0.497 e. The summed E-state index contributed by atoms with van der Waals surface area (Å²) in [5.41, 5.74) is 12.2. The Morgan fingerprint density at radius 2 is 1.64 bits per heavy atom. The maximum atomic E-state index is 5.81. The van der Waals surface area contributed by atoms with Gasteiger partial charge in [0.15, 0.2) is 0 Å². The number of ether oxygens (including phenoxy) is 2. The molecule has 0 radical (unpaired) electrons. The molecular formula is C10H16N2O2. The van der Waals surface area contributed by atoms with Gasteiger partial charge in [0, 0.05) is 18.7 Å². The van der Waals surface area contributed by atoms with Gasteiger partial charge < -0.3 is 20.9 Å². The second-order valence-corrected chi connectivity index (χ2v) is 2.99. The molecule has 0 fully saturated rings. The van der Waals surface area contributed by atoms with Crippen LogP contribution in [0.15, 0.2) is 18.2 Å². The van der Waals surface area contributed by atoms with Crippen molar-refractivity contribution in [2.75, 3.05) is 20.8 Å². The Bertz CT molecular complexity index is 280. The van der Waals surface area contributed by atoms with Crippen molar-refractivity contribution < 1.29 is 9.47 Å². The molecule has 0 saturated carbocycles. The van der Waals surface area contributed by atoms with Gasteiger partial charge in [-0.25, -0.2) is 0 Å². The second kappa shape index (κ2) is 4.83. The molecule has 0 amide bonds. The van der Waals surface area contributed by atoms with Crippen LogP contribution in [-0.2, 0) is 0 Å². The molecule has 0 bridgehead atoms. The van der Waals surface area contributed by atoms with Crippen LogP contribution < -0.4 is 20.9 Å². The van der Waals surface area contributed by atoms with Gasteiger partial charge in [0.1, 0.15) is 11.5 Å². The van der Waals surface area contributed by atoms with Crippen molar-refractivity contribution in [1.82, 2.24) is 0 Å². The van der Waals surface area contributed by atoms with Crippen molar-refractivity contribution in [3.05, 3.63) is 23.8 Å². The van der Waals surface area contributed by atoms with Gasteiger partial charge in [-0.3, -0.25) is 0 Å². The van der Waals surface area contributed by atoms with E-state index in [0.717, 1.165) is 17.1 Å². The van der Waals surface area contributed by atoms with Crippen LogP contribution in [0.1, 0.15) is 11.6 Å². The first kappa shape index (κ1) is 10.8. The molecule has 78 valence electrons. The molecular weight excluding hydrogens is 180 g/mol. The summed E-state index contributed by atoms with van der Waals surface area (Å²) in [4.78, 5) is 0. The third-order valence-corrected chi connectivity index (χ3v) is 2.06. The standard InChI is InChI=1S/C10H16N2O2/c1-13-8-3-7(10(12)6-11)4-9(5-8)14-2/h3-5,10H,6,11-12H2,1-2H3. The molecule has 0 aromatic heterocycles. The van der Waals surface area contributed by atoms with Gasteiger partial charge in [-0.05, 0) is 17.7 Å². The molecule has 1 aromatic rings. The maximum Gasteiger partial charge on any atom is 0.122 e. The monoisotopic (exact) mass is 196 g/mol. The Hall–Kier alpha value is -1.26. The number of nitrogens with two attached hydrogens (primary N) is 2. The van der Waals surface area contributed by atoms with E-state index in [1.807, 2.05) is 12.1 Å². The highest BCUT2D eigenvalue weighted by Gasteiger charge is 2.07. The third-order valence-electron chi connectivity index (χ3n) is 2.06. The first-order valence-electron chi connectivity index (χ1n) is 4.40. The van der Waals surface area contributed by atoms with Crippen LogP contribution in [0.4, 0.5) is 0 Å². The number of benzene rings is 1. The summed E-state index contributed by atoms with van der Waals surface area (Å²) in [6, 6.07) is 5.34. The Morgan fingerprint density at radius 3 is 2.00 bits per heavy atom. The van der Waals surface area contributed by atoms with E-state index in [4.69, 9.17) is 20.9 Å². The largest absolute Gasteiger partial charge is 0.497 e. The normalized spacial score (nSPS) is 12.3. The van der Waals surface area contributed by atoms with E-state index in [9.17, 15) is 0 Å². The molecule has 0 aliphatic heterocycles. The zero-order chi connectivity index (χ0) is 10.6. The number of hydrogen-bond donors (Lipinski definition) is 2. The fourth-order valence-corrected chi connectivity index (χ4v) is 1.18. The van der Waals surface area contributed by atoms with Crippen molar-refractivity contribution in [1.29, 1.82) is 0 Å². The van der Waals surface area contributed by atoms with Gasteiger partial charge in [0.25, 0.3) is 0 Å². The highest BCUT2D eigenvalue weighted by atomic mass is 16.5. The number of hydrogen-bond acceptors (Lipinski definition) is 4. The molecule has 1 unspecified atom stereocenters. The molecule has 0 saturated heterocycles. The van der Waals surface area contributed by atoms with Crippen LogP contribution in [-0.4, -0.2) is 20.8 Å². The first-order chi connectivity index (χ1) is 6.71.